The van der Waals surface area contributed by atoms with Crippen LogP contribution in [0, 0.1) is 0 Å². The highest BCUT2D eigenvalue weighted by Gasteiger charge is 2.18. The van der Waals surface area contributed by atoms with Gasteiger partial charge < -0.3 is 20.1 Å². The average molecular weight is 334 g/mol. The molecule has 0 unspecified atom stereocenters. The van der Waals surface area contributed by atoms with Crippen molar-refractivity contribution in [1.29, 1.82) is 0 Å². The molecule has 2 N–H and O–H groups in total. The topological polar surface area (TPSA) is 76.7 Å². The van der Waals surface area contributed by atoms with E-state index in [2.05, 4.69) is 10.6 Å². The summed E-state index contributed by atoms with van der Waals surface area (Å²) in [6.45, 7) is 0.477. The Labute approximate surface area is 142 Å². The lowest BCUT2D eigenvalue weighted by Gasteiger charge is -2.12. The number of hydrogen-bond donors (Lipinski definition) is 2. The van der Waals surface area contributed by atoms with Gasteiger partial charge in [-0.15, -0.1) is 0 Å². The molecule has 24 heavy (non-hydrogen) atoms. The summed E-state index contributed by atoms with van der Waals surface area (Å²) in [4.78, 5) is 23.6. The molecule has 6 heteroatoms. The monoisotopic (exact) mass is 334 g/mol. The number of carbonyl (C=O) groups excluding carboxylic acids is 2. The molecule has 132 valence electrons. The Hall–Kier alpha value is -2.24. The minimum Gasteiger partial charge on any atom is -0.493 e. The number of nitrogens with one attached hydrogen (secondary N) is 2. The summed E-state index contributed by atoms with van der Waals surface area (Å²) in [6, 6.07) is 5.90. The van der Waals surface area contributed by atoms with Crippen molar-refractivity contribution in [3.63, 3.8) is 0 Å². The maximum absolute atomic E-state index is 11.8. The molecule has 0 aliphatic heterocycles. The van der Waals surface area contributed by atoms with Crippen molar-refractivity contribution in [3.05, 3.63) is 23.8 Å². The van der Waals surface area contributed by atoms with Gasteiger partial charge in [-0.05, 0) is 37.0 Å². The van der Waals surface area contributed by atoms with Crippen LogP contribution >= 0.6 is 0 Å². The van der Waals surface area contributed by atoms with Crippen molar-refractivity contribution in [1.82, 2.24) is 10.6 Å². The molecule has 1 fully saturated rings. The van der Waals surface area contributed by atoms with Crippen LogP contribution in [-0.4, -0.2) is 38.6 Å². The van der Waals surface area contributed by atoms with Gasteiger partial charge >= 0.3 is 0 Å². The molecule has 1 saturated carbocycles. The third-order valence-electron chi connectivity index (χ3n) is 4.23. The van der Waals surface area contributed by atoms with Gasteiger partial charge in [-0.1, -0.05) is 18.9 Å². The number of hydrogen-bond acceptors (Lipinski definition) is 4. The van der Waals surface area contributed by atoms with Crippen molar-refractivity contribution in [2.45, 2.75) is 44.6 Å². The molecule has 0 heterocycles. The van der Waals surface area contributed by atoms with E-state index in [9.17, 15) is 9.59 Å². The molecule has 0 bridgehead atoms. The van der Waals surface area contributed by atoms with E-state index in [0.29, 0.717) is 24.5 Å². The first-order chi connectivity index (χ1) is 11.6. The van der Waals surface area contributed by atoms with Crippen LogP contribution in [-0.2, 0) is 16.0 Å². The summed E-state index contributed by atoms with van der Waals surface area (Å²) in [5.74, 6) is 0.905. The van der Waals surface area contributed by atoms with Gasteiger partial charge in [-0.3, -0.25) is 9.59 Å². The van der Waals surface area contributed by atoms with Crippen molar-refractivity contribution in [3.8, 4) is 11.5 Å². The van der Waals surface area contributed by atoms with Gasteiger partial charge in [0.1, 0.15) is 6.42 Å². The Balaban J connectivity index is 1.71. The lowest BCUT2D eigenvalue weighted by Crippen LogP contribution is -2.37. The van der Waals surface area contributed by atoms with E-state index in [0.717, 1.165) is 31.2 Å². The van der Waals surface area contributed by atoms with Gasteiger partial charge in [0.15, 0.2) is 11.5 Å². The second-order valence-corrected chi connectivity index (χ2v) is 6.01. The smallest absolute Gasteiger partial charge is 0.229 e. The molecule has 0 atom stereocenters. The van der Waals surface area contributed by atoms with E-state index in [4.69, 9.17) is 9.47 Å². The molecule has 2 rings (SSSR count). The maximum Gasteiger partial charge on any atom is 0.229 e. The molecular weight excluding hydrogens is 308 g/mol. The number of ether oxygens (including phenoxy) is 2. The van der Waals surface area contributed by atoms with Crippen LogP contribution < -0.4 is 20.1 Å². The van der Waals surface area contributed by atoms with Gasteiger partial charge in [0.2, 0.25) is 11.8 Å². The predicted octanol–water partition coefficient (Wildman–Crippen LogP) is 1.81. The highest BCUT2D eigenvalue weighted by Crippen LogP contribution is 2.27. The minimum atomic E-state index is -0.244. The summed E-state index contributed by atoms with van der Waals surface area (Å²) in [6.07, 6.45) is 4.91. The van der Waals surface area contributed by atoms with Crippen LogP contribution in [0.25, 0.3) is 0 Å². The highest BCUT2D eigenvalue weighted by atomic mass is 16.5. The van der Waals surface area contributed by atoms with Gasteiger partial charge in [-0.25, -0.2) is 0 Å². The molecule has 1 aromatic carbocycles. The van der Waals surface area contributed by atoms with Crippen LogP contribution in [0.3, 0.4) is 0 Å². The zero-order valence-corrected chi connectivity index (χ0v) is 14.4. The maximum atomic E-state index is 11.8. The molecular formula is C18H26N2O4. The Morgan fingerprint density at radius 3 is 2.46 bits per heavy atom. The van der Waals surface area contributed by atoms with E-state index in [1.165, 1.54) is 0 Å². The first-order valence-electron chi connectivity index (χ1n) is 8.39. The van der Waals surface area contributed by atoms with E-state index >= 15 is 0 Å². The van der Waals surface area contributed by atoms with Gasteiger partial charge in [0, 0.05) is 12.6 Å². The van der Waals surface area contributed by atoms with Crippen molar-refractivity contribution < 1.29 is 19.1 Å². The SMILES string of the molecule is COc1ccc(CCNC(=O)CC(=O)NC2CCCC2)cc1OC. The first-order valence-corrected chi connectivity index (χ1v) is 8.39. The van der Waals surface area contributed by atoms with Gasteiger partial charge in [-0.2, -0.15) is 0 Å². The standard InChI is InChI=1S/C18H26N2O4/c1-23-15-8-7-13(11-16(15)24-2)9-10-19-17(21)12-18(22)20-14-5-3-4-6-14/h7-8,11,14H,3-6,9-10,12H2,1-2H3,(H,19,21)(H,20,22). The summed E-state index contributed by atoms with van der Waals surface area (Å²) >= 11 is 0. The molecule has 1 aliphatic carbocycles. The van der Waals surface area contributed by atoms with Crippen LogP contribution in [0.5, 0.6) is 11.5 Å². The van der Waals surface area contributed by atoms with E-state index in [1.54, 1.807) is 14.2 Å². The summed E-state index contributed by atoms with van der Waals surface area (Å²) in [5.41, 5.74) is 1.03. The Morgan fingerprint density at radius 1 is 1.08 bits per heavy atom. The normalized spacial score (nSPS) is 14.2. The number of benzene rings is 1. The number of amides is 2. The molecule has 0 saturated heterocycles. The van der Waals surface area contributed by atoms with Crippen molar-refractivity contribution in [2.24, 2.45) is 0 Å². The third-order valence-corrected chi connectivity index (χ3v) is 4.23. The second-order valence-electron chi connectivity index (χ2n) is 6.01. The fourth-order valence-corrected chi connectivity index (χ4v) is 2.94. The fraction of sp³-hybridized carbons (Fsp3) is 0.556. The number of carbonyl (C=O) groups is 2. The van der Waals surface area contributed by atoms with E-state index in [-0.39, 0.29) is 24.3 Å². The molecule has 0 radical (unpaired) electrons. The predicted molar refractivity (Wildman–Crippen MR) is 91.3 cm³/mol. The Kier molecular flexibility index (Phi) is 6.90. The largest absolute Gasteiger partial charge is 0.493 e. The van der Waals surface area contributed by atoms with Crippen LogP contribution in [0.1, 0.15) is 37.7 Å². The van der Waals surface area contributed by atoms with E-state index in [1.807, 2.05) is 18.2 Å². The molecule has 1 aromatic rings. The molecule has 2 amide bonds. The molecule has 6 nitrogen and oxygen atoms in total. The quantitative estimate of drug-likeness (QED) is 0.711. The van der Waals surface area contributed by atoms with E-state index < -0.39 is 0 Å². The Bertz CT molecular complexity index is 568. The summed E-state index contributed by atoms with van der Waals surface area (Å²) in [5, 5.41) is 5.70. The first kappa shape index (κ1) is 18.1. The average Bonchev–Trinajstić information content (AvgIpc) is 3.07. The Morgan fingerprint density at radius 2 is 1.79 bits per heavy atom. The third kappa shape index (κ3) is 5.44. The number of rotatable bonds is 8. The highest BCUT2D eigenvalue weighted by molar-refractivity contribution is 5.96. The summed E-state index contributed by atoms with van der Waals surface area (Å²) < 4.78 is 10.4. The number of methoxy groups -OCH3 is 2. The zero-order chi connectivity index (χ0) is 17.4. The fourth-order valence-electron chi connectivity index (χ4n) is 2.94. The lowest BCUT2D eigenvalue weighted by atomic mass is 10.1. The summed E-state index contributed by atoms with van der Waals surface area (Å²) in [7, 11) is 3.18. The molecule has 1 aliphatic rings. The van der Waals surface area contributed by atoms with Crippen molar-refractivity contribution >= 4 is 11.8 Å². The van der Waals surface area contributed by atoms with Crippen LogP contribution in [0.15, 0.2) is 18.2 Å². The second kappa shape index (κ2) is 9.15. The van der Waals surface area contributed by atoms with Gasteiger partial charge in [0.25, 0.3) is 0 Å². The molecule has 0 aromatic heterocycles. The minimum absolute atomic E-state index is 0.109. The lowest BCUT2D eigenvalue weighted by molar-refractivity contribution is -0.129. The zero-order valence-electron chi connectivity index (χ0n) is 14.4. The van der Waals surface area contributed by atoms with Crippen LogP contribution in [0.2, 0.25) is 0 Å². The molecule has 0 spiro atoms. The van der Waals surface area contributed by atoms with Crippen LogP contribution in [0.4, 0.5) is 0 Å². The van der Waals surface area contributed by atoms with Gasteiger partial charge in [0.05, 0.1) is 14.2 Å². The van der Waals surface area contributed by atoms with Crippen molar-refractivity contribution in [2.75, 3.05) is 20.8 Å².